The zero-order valence-electron chi connectivity index (χ0n) is 13.9. The van der Waals surface area contributed by atoms with Crippen LogP contribution in [0.4, 0.5) is 0 Å². The Morgan fingerprint density at radius 1 is 1.32 bits per heavy atom. The van der Waals surface area contributed by atoms with Crippen LogP contribution in [0.25, 0.3) is 9.88 Å². The molecule has 5 nitrogen and oxygen atoms in total. The van der Waals surface area contributed by atoms with Crippen molar-refractivity contribution in [3.63, 3.8) is 0 Å². The molecule has 0 aliphatic carbocycles. The summed E-state index contributed by atoms with van der Waals surface area (Å²) in [7, 11) is 0. The Balaban J connectivity index is 1.51. The van der Waals surface area contributed by atoms with Crippen molar-refractivity contribution in [2.75, 3.05) is 26.3 Å². The first kappa shape index (κ1) is 17.4. The standard InChI is InChI=1S/C17H19ClN2O3S2/c1-10-14(25-15(19-10)12-4-5-13(18)24-12)16(21)20-6-2-3-11(9-20)17-22-7-8-23-17/h4-5,11,17H,2-3,6-9H2,1H3. The number of piperidine rings is 1. The van der Waals surface area contributed by atoms with Gasteiger partial charge in [0.05, 0.1) is 28.1 Å². The number of ether oxygens (including phenoxy) is 2. The fraction of sp³-hybridized carbons (Fsp3) is 0.529. The van der Waals surface area contributed by atoms with E-state index in [4.69, 9.17) is 21.1 Å². The first-order valence-electron chi connectivity index (χ1n) is 8.37. The third-order valence-electron chi connectivity index (χ3n) is 4.55. The zero-order chi connectivity index (χ0) is 17.4. The fourth-order valence-corrected chi connectivity index (χ4v) is 5.47. The molecule has 0 saturated carbocycles. The molecule has 2 aromatic heterocycles. The van der Waals surface area contributed by atoms with Gasteiger partial charge in [0.25, 0.3) is 5.91 Å². The predicted molar refractivity (Wildman–Crippen MR) is 99.5 cm³/mol. The minimum absolute atomic E-state index is 0.0617. The number of thiazole rings is 1. The highest BCUT2D eigenvalue weighted by molar-refractivity contribution is 7.24. The molecule has 0 radical (unpaired) electrons. The van der Waals surface area contributed by atoms with Crippen molar-refractivity contribution in [1.29, 1.82) is 0 Å². The Morgan fingerprint density at radius 3 is 2.84 bits per heavy atom. The molecule has 134 valence electrons. The van der Waals surface area contributed by atoms with E-state index in [0.717, 1.165) is 39.3 Å². The lowest BCUT2D eigenvalue weighted by molar-refractivity contribution is -0.0969. The van der Waals surface area contributed by atoms with Crippen LogP contribution in [0, 0.1) is 12.8 Å². The maximum atomic E-state index is 13.0. The van der Waals surface area contributed by atoms with Gasteiger partial charge in [-0.05, 0) is 31.9 Å². The largest absolute Gasteiger partial charge is 0.350 e. The number of rotatable bonds is 3. The van der Waals surface area contributed by atoms with Crippen molar-refractivity contribution in [2.45, 2.75) is 26.1 Å². The van der Waals surface area contributed by atoms with Crippen molar-refractivity contribution < 1.29 is 14.3 Å². The molecule has 1 amide bonds. The summed E-state index contributed by atoms with van der Waals surface area (Å²) in [4.78, 5) is 21.2. The van der Waals surface area contributed by atoms with Crippen LogP contribution in [-0.2, 0) is 9.47 Å². The third kappa shape index (κ3) is 3.61. The molecule has 0 N–H and O–H groups in total. The van der Waals surface area contributed by atoms with Crippen LogP contribution in [-0.4, -0.2) is 48.4 Å². The van der Waals surface area contributed by atoms with Crippen LogP contribution in [0.5, 0.6) is 0 Å². The summed E-state index contributed by atoms with van der Waals surface area (Å²) in [5, 5.41) is 0.855. The molecule has 8 heteroatoms. The number of hydrogen-bond acceptors (Lipinski definition) is 6. The quantitative estimate of drug-likeness (QED) is 0.782. The van der Waals surface area contributed by atoms with Crippen LogP contribution < -0.4 is 0 Å². The summed E-state index contributed by atoms with van der Waals surface area (Å²) in [5.74, 6) is 0.315. The van der Waals surface area contributed by atoms with E-state index in [1.807, 2.05) is 24.0 Å². The molecule has 0 spiro atoms. The highest BCUT2D eigenvalue weighted by Gasteiger charge is 2.34. The molecular formula is C17H19ClN2O3S2. The summed E-state index contributed by atoms with van der Waals surface area (Å²) in [6.45, 7) is 4.65. The number of aromatic nitrogens is 1. The summed E-state index contributed by atoms with van der Waals surface area (Å²) >= 11 is 8.95. The molecule has 1 unspecified atom stereocenters. The Bertz CT molecular complexity index is 770. The van der Waals surface area contributed by atoms with Crippen molar-refractivity contribution >= 4 is 40.2 Å². The number of nitrogens with zero attached hydrogens (tertiary/aromatic N) is 2. The Labute approximate surface area is 159 Å². The molecule has 4 rings (SSSR count). The number of amides is 1. The van der Waals surface area contributed by atoms with Gasteiger partial charge in [-0.2, -0.15) is 0 Å². The van der Waals surface area contributed by atoms with Crippen molar-refractivity contribution in [3.8, 4) is 9.88 Å². The van der Waals surface area contributed by atoms with E-state index in [-0.39, 0.29) is 18.1 Å². The lowest BCUT2D eigenvalue weighted by Gasteiger charge is -2.34. The molecule has 2 fully saturated rings. The number of aryl methyl sites for hydroxylation is 1. The lowest BCUT2D eigenvalue weighted by Crippen LogP contribution is -2.43. The highest BCUT2D eigenvalue weighted by Crippen LogP contribution is 2.36. The van der Waals surface area contributed by atoms with Crippen molar-refractivity contribution in [3.05, 3.63) is 27.0 Å². The van der Waals surface area contributed by atoms with Gasteiger partial charge < -0.3 is 14.4 Å². The van der Waals surface area contributed by atoms with Crippen LogP contribution in [0.3, 0.4) is 0 Å². The van der Waals surface area contributed by atoms with E-state index in [1.54, 1.807) is 0 Å². The molecule has 2 saturated heterocycles. The van der Waals surface area contributed by atoms with Crippen LogP contribution in [0.1, 0.15) is 28.2 Å². The normalized spacial score (nSPS) is 21.8. The van der Waals surface area contributed by atoms with E-state index < -0.39 is 0 Å². The maximum Gasteiger partial charge on any atom is 0.265 e. The van der Waals surface area contributed by atoms with Gasteiger partial charge in [0.1, 0.15) is 9.88 Å². The van der Waals surface area contributed by atoms with E-state index >= 15 is 0 Å². The van der Waals surface area contributed by atoms with Crippen LogP contribution in [0.2, 0.25) is 4.34 Å². The third-order valence-corrected chi connectivity index (χ3v) is 7.10. The molecule has 4 heterocycles. The minimum Gasteiger partial charge on any atom is -0.350 e. The average Bonchev–Trinajstić information content (AvgIpc) is 3.35. The van der Waals surface area contributed by atoms with Gasteiger partial charge >= 0.3 is 0 Å². The monoisotopic (exact) mass is 398 g/mol. The van der Waals surface area contributed by atoms with Crippen LogP contribution >= 0.6 is 34.3 Å². The van der Waals surface area contributed by atoms with E-state index in [2.05, 4.69) is 4.98 Å². The van der Waals surface area contributed by atoms with Gasteiger partial charge in [-0.3, -0.25) is 4.79 Å². The number of carbonyl (C=O) groups excluding carboxylic acids is 1. The van der Waals surface area contributed by atoms with Gasteiger partial charge in [0, 0.05) is 19.0 Å². The van der Waals surface area contributed by atoms with E-state index in [1.165, 1.54) is 22.7 Å². The maximum absolute atomic E-state index is 13.0. The fourth-order valence-electron chi connectivity index (χ4n) is 3.34. The molecule has 2 aromatic rings. The van der Waals surface area contributed by atoms with Gasteiger partial charge in [-0.25, -0.2) is 4.98 Å². The zero-order valence-corrected chi connectivity index (χ0v) is 16.3. The predicted octanol–water partition coefficient (Wildman–Crippen LogP) is 4.06. The average molecular weight is 399 g/mol. The van der Waals surface area contributed by atoms with E-state index in [0.29, 0.717) is 24.6 Å². The molecule has 0 aromatic carbocycles. The Morgan fingerprint density at radius 2 is 2.12 bits per heavy atom. The summed E-state index contributed by atoms with van der Waals surface area (Å²) < 4.78 is 12.0. The Kier molecular flexibility index (Phi) is 5.11. The Hall–Kier alpha value is -0.990. The molecular weight excluding hydrogens is 380 g/mol. The van der Waals surface area contributed by atoms with Crippen molar-refractivity contribution in [1.82, 2.24) is 9.88 Å². The number of thiophene rings is 1. The summed E-state index contributed by atoms with van der Waals surface area (Å²) in [5.41, 5.74) is 0.782. The highest BCUT2D eigenvalue weighted by atomic mass is 35.5. The summed E-state index contributed by atoms with van der Waals surface area (Å²) in [6.07, 6.45) is 1.85. The summed E-state index contributed by atoms with van der Waals surface area (Å²) in [6, 6.07) is 3.81. The lowest BCUT2D eigenvalue weighted by atomic mass is 9.97. The molecule has 0 bridgehead atoms. The number of carbonyl (C=O) groups is 1. The van der Waals surface area contributed by atoms with Crippen molar-refractivity contribution in [2.24, 2.45) is 5.92 Å². The number of likely N-dealkylation sites (tertiary alicyclic amines) is 1. The second-order valence-electron chi connectivity index (χ2n) is 6.30. The SMILES string of the molecule is Cc1nc(-c2ccc(Cl)s2)sc1C(=O)N1CCCC(C2OCCO2)C1. The topological polar surface area (TPSA) is 51.7 Å². The van der Waals surface area contributed by atoms with Gasteiger partial charge in [-0.15, -0.1) is 22.7 Å². The molecule has 2 aliphatic rings. The van der Waals surface area contributed by atoms with E-state index in [9.17, 15) is 4.79 Å². The molecule has 2 aliphatic heterocycles. The second-order valence-corrected chi connectivity index (χ2v) is 9.01. The van der Waals surface area contributed by atoms with Gasteiger partial charge in [0.2, 0.25) is 0 Å². The smallest absolute Gasteiger partial charge is 0.265 e. The molecule has 25 heavy (non-hydrogen) atoms. The first-order valence-corrected chi connectivity index (χ1v) is 10.4. The van der Waals surface area contributed by atoms with Gasteiger partial charge in [-0.1, -0.05) is 11.6 Å². The number of hydrogen-bond donors (Lipinski definition) is 0. The minimum atomic E-state index is -0.165. The van der Waals surface area contributed by atoms with Gasteiger partial charge in [0.15, 0.2) is 6.29 Å². The number of halogens is 1. The second kappa shape index (κ2) is 7.32. The van der Waals surface area contributed by atoms with Crippen LogP contribution in [0.15, 0.2) is 12.1 Å². The first-order chi connectivity index (χ1) is 12.1. The molecule has 1 atom stereocenters.